The van der Waals surface area contributed by atoms with Crippen LogP contribution in [0.3, 0.4) is 0 Å². The lowest BCUT2D eigenvalue weighted by atomic mass is 9.91. The largest absolute Gasteiger partial charge is 0.300 e. The van der Waals surface area contributed by atoms with Gasteiger partial charge in [-0.3, -0.25) is 0 Å². The Morgan fingerprint density at radius 3 is 2.38 bits per heavy atom. The fourth-order valence-corrected chi connectivity index (χ4v) is 2.32. The SMILES string of the molecule is BrCCCN(CC1CC1)C1CCC1. The van der Waals surface area contributed by atoms with Gasteiger partial charge in [0.05, 0.1) is 0 Å². The minimum atomic E-state index is 0.958. The first-order valence-corrected chi connectivity index (χ1v) is 6.82. The monoisotopic (exact) mass is 245 g/mol. The minimum Gasteiger partial charge on any atom is -0.300 e. The zero-order valence-corrected chi connectivity index (χ0v) is 9.93. The Kier molecular flexibility index (Phi) is 3.67. The van der Waals surface area contributed by atoms with E-state index in [0.29, 0.717) is 0 Å². The van der Waals surface area contributed by atoms with Gasteiger partial charge in [-0.2, -0.15) is 0 Å². The zero-order chi connectivity index (χ0) is 9.10. The molecule has 0 aromatic heterocycles. The number of rotatable bonds is 6. The van der Waals surface area contributed by atoms with Gasteiger partial charge < -0.3 is 4.90 Å². The van der Waals surface area contributed by atoms with Gasteiger partial charge in [0.1, 0.15) is 0 Å². The van der Waals surface area contributed by atoms with Gasteiger partial charge in [0.15, 0.2) is 0 Å². The second-order valence-electron chi connectivity index (χ2n) is 4.57. The number of alkyl halides is 1. The number of halogens is 1. The Bertz CT molecular complexity index is 152. The summed E-state index contributed by atoms with van der Waals surface area (Å²) in [4.78, 5) is 2.75. The van der Waals surface area contributed by atoms with E-state index in [0.717, 1.165) is 12.0 Å². The van der Waals surface area contributed by atoms with Crippen LogP contribution in [-0.4, -0.2) is 29.4 Å². The first kappa shape index (κ1) is 9.97. The molecule has 0 aliphatic heterocycles. The Morgan fingerprint density at radius 1 is 1.15 bits per heavy atom. The predicted octanol–water partition coefficient (Wildman–Crippen LogP) is 3.04. The van der Waals surface area contributed by atoms with E-state index in [4.69, 9.17) is 0 Å². The first-order chi connectivity index (χ1) is 6.40. The lowest BCUT2D eigenvalue weighted by Crippen LogP contribution is -2.42. The van der Waals surface area contributed by atoms with E-state index in [2.05, 4.69) is 20.8 Å². The second-order valence-corrected chi connectivity index (χ2v) is 5.36. The van der Waals surface area contributed by atoms with Gasteiger partial charge in [-0.1, -0.05) is 22.4 Å². The van der Waals surface area contributed by atoms with Gasteiger partial charge in [-0.05, 0) is 44.6 Å². The van der Waals surface area contributed by atoms with Crippen LogP contribution in [0.4, 0.5) is 0 Å². The normalized spacial score (nSPS) is 23.5. The van der Waals surface area contributed by atoms with Crippen LogP contribution in [0.1, 0.15) is 38.5 Å². The molecule has 0 aromatic carbocycles. The third-order valence-electron chi connectivity index (χ3n) is 3.36. The lowest BCUT2D eigenvalue weighted by Gasteiger charge is -2.37. The van der Waals surface area contributed by atoms with Gasteiger partial charge >= 0.3 is 0 Å². The maximum Gasteiger partial charge on any atom is 0.00953 e. The molecule has 0 spiro atoms. The second kappa shape index (κ2) is 4.79. The molecule has 0 atom stereocenters. The Labute approximate surface area is 90.0 Å². The molecule has 2 rings (SSSR count). The van der Waals surface area contributed by atoms with Crippen molar-refractivity contribution in [3.05, 3.63) is 0 Å². The summed E-state index contributed by atoms with van der Waals surface area (Å²) in [5.41, 5.74) is 0. The molecule has 0 amide bonds. The topological polar surface area (TPSA) is 3.24 Å². The molecule has 1 nitrogen and oxygen atoms in total. The third-order valence-corrected chi connectivity index (χ3v) is 3.92. The van der Waals surface area contributed by atoms with Crippen molar-refractivity contribution in [2.75, 3.05) is 18.4 Å². The van der Waals surface area contributed by atoms with E-state index in [-0.39, 0.29) is 0 Å². The van der Waals surface area contributed by atoms with E-state index in [9.17, 15) is 0 Å². The van der Waals surface area contributed by atoms with E-state index >= 15 is 0 Å². The van der Waals surface area contributed by atoms with Crippen LogP contribution in [0.2, 0.25) is 0 Å². The van der Waals surface area contributed by atoms with Gasteiger partial charge in [-0.25, -0.2) is 0 Å². The fraction of sp³-hybridized carbons (Fsp3) is 1.00. The molecular formula is C11H20BrN. The molecule has 0 bridgehead atoms. The molecule has 2 aliphatic rings. The van der Waals surface area contributed by atoms with Gasteiger partial charge in [-0.15, -0.1) is 0 Å². The summed E-state index contributed by atoms with van der Waals surface area (Å²) in [5, 5.41) is 1.17. The van der Waals surface area contributed by atoms with Crippen LogP contribution in [0.25, 0.3) is 0 Å². The van der Waals surface area contributed by atoms with Crippen LogP contribution in [0, 0.1) is 5.92 Å². The quantitative estimate of drug-likeness (QED) is 0.651. The highest BCUT2D eigenvalue weighted by atomic mass is 79.9. The van der Waals surface area contributed by atoms with Gasteiger partial charge in [0, 0.05) is 17.9 Å². The van der Waals surface area contributed by atoms with Crippen LogP contribution in [0.5, 0.6) is 0 Å². The average molecular weight is 246 g/mol. The van der Waals surface area contributed by atoms with Crippen LogP contribution >= 0.6 is 15.9 Å². The molecule has 2 aliphatic carbocycles. The summed E-state index contributed by atoms with van der Waals surface area (Å²) in [6.45, 7) is 2.73. The smallest absolute Gasteiger partial charge is 0.00953 e. The maximum absolute atomic E-state index is 3.52. The summed E-state index contributed by atoms with van der Waals surface area (Å²) >= 11 is 3.52. The van der Waals surface area contributed by atoms with Crippen LogP contribution < -0.4 is 0 Å². The van der Waals surface area contributed by atoms with Crippen molar-refractivity contribution in [2.45, 2.75) is 44.6 Å². The molecule has 0 heterocycles. The maximum atomic E-state index is 3.52. The third kappa shape index (κ3) is 2.95. The molecule has 0 radical (unpaired) electrons. The van der Waals surface area contributed by atoms with Crippen molar-refractivity contribution in [3.8, 4) is 0 Å². The van der Waals surface area contributed by atoms with Crippen molar-refractivity contribution >= 4 is 15.9 Å². The predicted molar refractivity (Wildman–Crippen MR) is 60.3 cm³/mol. The van der Waals surface area contributed by atoms with E-state index in [1.54, 1.807) is 0 Å². The summed E-state index contributed by atoms with van der Waals surface area (Å²) in [6, 6.07) is 0.958. The molecule has 76 valence electrons. The Morgan fingerprint density at radius 2 is 1.92 bits per heavy atom. The average Bonchev–Trinajstić information content (AvgIpc) is 2.80. The first-order valence-electron chi connectivity index (χ1n) is 5.70. The standard InChI is InChI=1S/C11H20BrN/c12-7-2-8-13(9-10-5-6-10)11-3-1-4-11/h10-11H,1-9H2. The number of hydrogen-bond donors (Lipinski definition) is 0. The summed E-state index contributed by atoms with van der Waals surface area (Å²) in [7, 11) is 0. The van der Waals surface area contributed by atoms with Crippen molar-refractivity contribution in [2.24, 2.45) is 5.92 Å². The van der Waals surface area contributed by atoms with Crippen LogP contribution in [-0.2, 0) is 0 Å². The van der Waals surface area contributed by atoms with Gasteiger partial charge in [0.2, 0.25) is 0 Å². The highest BCUT2D eigenvalue weighted by Crippen LogP contribution is 2.33. The van der Waals surface area contributed by atoms with E-state index in [1.165, 1.54) is 56.9 Å². The highest BCUT2D eigenvalue weighted by molar-refractivity contribution is 9.09. The van der Waals surface area contributed by atoms with Crippen LogP contribution in [0.15, 0.2) is 0 Å². The zero-order valence-electron chi connectivity index (χ0n) is 8.34. The number of nitrogens with zero attached hydrogens (tertiary/aromatic N) is 1. The molecule has 0 saturated heterocycles. The molecular weight excluding hydrogens is 226 g/mol. The molecule has 2 fully saturated rings. The summed E-state index contributed by atoms with van der Waals surface area (Å²) < 4.78 is 0. The van der Waals surface area contributed by atoms with Crippen molar-refractivity contribution in [3.63, 3.8) is 0 Å². The van der Waals surface area contributed by atoms with E-state index in [1.807, 2.05) is 0 Å². The molecule has 13 heavy (non-hydrogen) atoms. The molecule has 2 saturated carbocycles. The van der Waals surface area contributed by atoms with E-state index < -0.39 is 0 Å². The minimum absolute atomic E-state index is 0.958. The van der Waals surface area contributed by atoms with Crippen molar-refractivity contribution in [1.29, 1.82) is 0 Å². The Hall–Kier alpha value is 0.440. The summed E-state index contributed by atoms with van der Waals surface area (Å²) in [6.07, 6.45) is 8.72. The number of hydrogen-bond acceptors (Lipinski definition) is 1. The Balaban J connectivity index is 1.71. The fourth-order valence-electron chi connectivity index (χ4n) is 2.07. The van der Waals surface area contributed by atoms with Gasteiger partial charge in [0.25, 0.3) is 0 Å². The van der Waals surface area contributed by atoms with Crippen molar-refractivity contribution < 1.29 is 0 Å². The molecule has 0 aromatic rings. The summed E-state index contributed by atoms with van der Waals surface area (Å²) in [5.74, 6) is 1.07. The lowest BCUT2D eigenvalue weighted by molar-refractivity contribution is 0.122. The highest BCUT2D eigenvalue weighted by Gasteiger charge is 2.30. The molecule has 0 N–H and O–H groups in total. The molecule has 2 heteroatoms. The molecule has 0 unspecified atom stereocenters. The van der Waals surface area contributed by atoms with Crippen molar-refractivity contribution in [1.82, 2.24) is 4.90 Å².